The summed E-state index contributed by atoms with van der Waals surface area (Å²) in [4.78, 5) is 23.7. The number of hydrogen-bond acceptors (Lipinski definition) is 4. The molecule has 0 saturated carbocycles. The number of ether oxygens (including phenoxy) is 2. The molecule has 0 aromatic rings. The molecule has 1 fully saturated rings. The van der Waals surface area contributed by atoms with Crippen LogP contribution in [-0.2, 0) is 19.1 Å². The van der Waals surface area contributed by atoms with Gasteiger partial charge in [-0.25, -0.2) is 4.79 Å². The molecule has 2 heterocycles. The molecule has 0 bridgehead atoms. The molecule has 4 aliphatic rings. The molecular formula is C15H16O4. The van der Waals surface area contributed by atoms with Gasteiger partial charge in [0.1, 0.15) is 12.2 Å². The van der Waals surface area contributed by atoms with Gasteiger partial charge in [0.15, 0.2) is 0 Å². The monoisotopic (exact) mass is 260 g/mol. The summed E-state index contributed by atoms with van der Waals surface area (Å²) < 4.78 is 11.0. The van der Waals surface area contributed by atoms with Crippen LogP contribution in [0.4, 0.5) is 0 Å². The quantitative estimate of drug-likeness (QED) is 0.492. The third-order valence-corrected chi connectivity index (χ3v) is 5.12. The Kier molecular flexibility index (Phi) is 2.07. The van der Waals surface area contributed by atoms with Gasteiger partial charge in [-0.1, -0.05) is 12.5 Å². The highest BCUT2D eigenvalue weighted by atomic mass is 16.6. The van der Waals surface area contributed by atoms with Gasteiger partial charge < -0.3 is 9.47 Å². The first-order valence-corrected chi connectivity index (χ1v) is 6.90. The van der Waals surface area contributed by atoms with Crippen LogP contribution < -0.4 is 0 Å². The number of carbonyl (C=O) groups is 2. The second-order valence-electron chi connectivity index (χ2n) is 6.04. The number of hydrogen-bond donors (Lipinski definition) is 0. The first-order valence-electron chi connectivity index (χ1n) is 6.90. The summed E-state index contributed by atoms with van der Waals surface area (Å²) in [5, 5.41) is 0. The summed E-state index contributed by atoms with van der Waals surface area (Å²) >= 11 is 0. The fraction of sp³-hybridized carbons (Fsp3) is 0.600. The third kappa shape index (κ3) is 1.29. The van der Waals surface area contributed by atoms with Crippen molar-refractivity contribution in [1.82, 2.24) is 0 Å². The fourth-order valence-electron chi connectivity index (χ4n) is 4.13. The maximum Gasteiger partial charge on any atom is 0.335 e. The van der Waals surface area contributed by atoms with Crippen LogP contribution >= 0.6 is 0 Å². The van der Waals surface area contributed by atoms with Crippen LogP contribution in [0.2, 0.25) is 0 Å². The molecule has 5 unspecified atom stereocenters. The van der Waals surface area contributed by atoms with Crippen molar-refractivity contribution in [3.8, 4) is 0 Å². The zero-order chi connectivity index (χ0) is 13.3. The Morgan fingerprint density at radius 2 is 2.05 bits per heavy atom. The van der Waals surface area contributed by atoms with E-state index < -0.39 is 0 Å². The Labute approximate surface area is 111 Å². The number of rotatable bonds is 0. The molecule has 1 saturated heterocycles. The van der Waals surface area contributed by atoms with E-state index in [1.807, 2.05) is 19.9 Å². The van der Waals surface area contributed by atoms with Crippen LogP contribution in [0.25, 0.3) is 0 Å². The molecule has 5 atom stereocenters. The average molecular weight is 260 g/mol. The lowest BCUT2D eigenvalue weighted by atomic mass is 9.81. The SMILES string of the molecule is CC1=CC2OC(=O)C3=C2C1C1OC(=O)C(C)C1CC3. The highest BCUT2D eigenvalue weighted by molar-refractivity contribution is 5.93. The molecule has 4 heteroatoms. The van der Waals surface area contributed by atoms with Gasteiger partial charge in [-0.15, -0.1) is 0 Å². The van der Waals surface area contributed by atoms with Gasteiger partial charge in [-0.2, -0.15) is 0 Å². The van der Waals surface area contributed by atoms with Crippen LogP contribution in [0.5, 0.6) is 0 Å². The van der Waals surface area contributed by atoms with Gasteiger partial charge in [0.2, 0.25) is 0 Å². The van der Waals surface area contributed by atoms with Crippen LogP contribution in [-0.4, -0.2) is 24.1 Å². The average Bonchev–Trinajstić information content (AvgIpc) is 2.86. The maximum atomic E-state index is 11.9. The van der Waals surface area contributed by atoms with Crippen molar-refractivity contribution in [2.45, 2.75) is 38.9 Å². The van der Waals surface area contributed by atoms with Crippen LogP contribution in [0, 0.1) is 17.8 Å². The molecule has 0 amide bonds. The normalized spacial score (nSPS) is 43.5. The lowest BCUT2D eigenvalue weighted by molar-refractivity contribution is -0.145. The van der Waals surface area contributed by atoms with Crippen LogP contribution in [0.15, 0.2) is 22.8 Å². The van der Waals surface area contributed by atoms with E-state index in [4.69, 9.17) is 9.47 Å². The molecule has 100 valence electrons. The Morgan fingerprint density at radius 3 is 2.84 bits per heavy atom. The van der Waals surface area contributed by atoms with E-state index in [0.717, 1.165) is 17.6 Å². The molecule has 0 N–H and O–H groups in total. The number of carbonyl (C=O) groups excluding carboxylic acids is 2. The maximum absolute atomic E-state index is 11.9. The smallest absolute Gasteiger partial charge is 0.335 e. The molecule has 0 aromatic carbocycles. The predicted octanol–water partition coefficient (Wildman–Crippen LogP) is 1.76. The zero-order valence-corrected chi connectivity index (χ0v) is 11.0. The minimum atomic E-state index is -0.208. The van der Waals surface area contributed by atoms with Crippen molar-refractivity contribution < 1.29 is 19.1 Å². The van der Waals surface area contributed by atoms with E-state index in [-0.39, 0.29) is 41.9 Å². The summed E-state index contributed by atoms with van der Waals surface area (Å²) in [5.74, 6) is -0.0491. The van der Waals surface area contributed by atoms with Crippen molar-refractivity contribution in [2.75, 3.05) is 0 Å². The number of esters is 2. The number of fused-ring (bicyclic) bond motifs is 2. The molecule has 4 rings (SSSR count). The molecule has 0 spiro atoms. The highest BCUT2D eigenvalue weighted by Crippen LogP contribution is 2.51. The minimum absolute atomic E-state index is 0.0621. The molecule has 19 heavy (non-hydrogen) atoms. The van der Waals surface area contributed by atoms with Gasteiger partial charge >= 0.3 is 11.9 Å². The van der Waals surface area contributed by atoms with E-state index in [2.05, 4.69) is 0 Å². The van der Waals surface area contributed by atoms with Gasteiger partial charge in [-0.3, -0.25) is 4.79 Å². The Balaban J connectivity index is 1.82. The van der Waals surface area contributed by atoms with E-state index in [1.54, 1.807) is 0 Å². The van der Waals surface area contributed by atoms with Gasteiger partial charge in [0.05, 0.1) is 5.92 Å². The summed E-state index contributed by atoms with van der Waals surface area (Å²) in [6.45, 7) is 3.98. The fourth-order valence-corrected chi connectivity index (χ4v) is 4.13. The summed E-state index contributed by atoms with van der Waals surface area (Å²) in [6.07, 6.45) is 3.24. The van der Waals surface area contributed by atoms with E-state index in [0.29, 0.717) is 6.42 Å². The summed E-state index contributed by atoms with van der Waals surface area (Å²) in [6, 6.07) is 0. The lowest BCUT2D eigenvalue weighted by Gasteiger charge is -2.24. The summed E-state index contributed by atoms with van der Waals surface area (Å²) in [5.41, 5.74) is 3.07. The topological polar surface area (TPSA) is 52.6 Å². The van der Waals surface area contributed by atoms with E-state index in [1.165, 1.54) is 5.57 Å². The van der Waals surface area contributed by atoms with Gasteiger partial charge in [-0.05, 0) is 31.4 Å². The van der Waals surface area contributed by atoms with Gasteiger partial charge in [0, 0.05) is 17.4 Å². The van der Waals surface area contributed by atoms with Gasteiger partial charge in [0.25, 0.3) is 0 Å². The lowest BCUT2D eigenvalue weighted by Crippen LogP contribution is -2.28. The molecular weight excluding hydrogens is 244 g/mol. The van der Waals surface area contributed by atoms with Crippen molar-refractivity contribution in [3.05, 3.63) is 22.8 Å². The second-order valence-corrected chi connectivity index (χ2v) is 6.04. The van der Waals surface area contributed by atoms with Crippen molar-refractivity contribution in [1.29, 1.82) is 0 Å². The zero-order valence-electron chi connectivity index (χ0n) is 11.0. The van der Waals surface area contributed by atoms with Crippen LogP contribution in [0.1, 0.15) is 26.7 Å². The van der Waals surface area contributed by atoms with Crippen molar-refractivity contribution in [3.63, 3.8) is 0 Å². The van der Waals surface area contributed by atoms with E-state index in [9.17, 15) is 9.59 Å². The van der Waals surface area contributed by atoms with Crippen molar-refractivity contribution in [2.24, 2.45) is 17.8 Å². The molecule has 0 aromatic heterocycles. The first kappa shape index (κ1) is 11.3. The highest BCUT2D eigenvalue weighted by Gasteiger charge is 2.54. The Hall–Kier alpha value is -1.58. The third-order valence-electron chi connectivity index (χ3n) is 5.12. The summed E-state index contributed by atoms with van der Waals surface area (Å²) in [7, 11) is 0. The first-order chi connectivity index (χ1) is 9.08. The Bertz CT molecular complexity index is 556. The largest absolute Gasteiger partial charge is 0.461 e. The second kappa shape index (κ2) is 3.50. The van der Waals surface area contributed by atoms with Crippen LogP contribution in [0.3, 0.4) is 0 Å². The molecule has 0 radical (unpaired) electrons. The Morgan fingerprint density at radius 1 is 1.26 bits per heavy atom. The van der Waals surface area contributed by atoms with E-state index >= 15 is 0 Å². The minimum Gasteiger partial charge on any atom is -0.461 e. The predicted molar refractivity (Wildman–Crippen MR) is 65.9 cm³/mol. The molecule has 2 aliphatic heterocycles. The molecule has 4 nitrogen and oxygen atoms in total. The standard InChI is InChI=1S/C15H16O4/c1-6-5-10-12-9(15(17)18-10)4-3-8-7(2)14(16)19-13(8)11(6)12/h5,7-8,10-11,13H,3-4H2,1-2H3. The molecule has 2 aliphatic carbocycles. The van der Waals surface area contributed by atoms with Crippen molar-refractivity contribution >= 4 is 11.9 Å².